The van der Waals surface area contributed by atoms with Crippen LogP contribution in [0.15, 0.2) is 29.1 Å². The number of aromatic amines is 1. The summed E-state index contributed by atoms with van der Waals surface area (Å²) in [5, 5.41) is 0. The molecule has 0 fully saturated rings. The van der Waals surface area contributed by atoms with Crippen LogP contribution in [0.25, 0.3) is 0 Å². The van der Waals surface area contributed by atoms with Gasteiger partial charge in [-0.25, -0.2) is 4.98 Å². The smallest absolute Gasteiger partial charge is 0.254 e. The standard InChI is InChI=1S/C17H20N2O/c1-12-6-8-13(9-7-12)10-11-16-18-15-5-3-2-4-14(15)17(20)19-16/h6-9H,2-5,10-11H2,1H3,(H,18,19,20). The molecule has 0 radical (unpaired) electrons. The summed E-state index contributed by atoms with van der Waals surface area (Å²) in [5.41, 5.74) is 4.58. The molecular formula is C17H20N2O. The molecule has 1 aromatic carbocycles. The van der Waals surface area contributed by atoms with Gasteiger partial charge in [0.05, 0.1) is 5.69 Å². The molecule has 3 nitrogen and oxygen atoms in total. The molecule has 0 atom stereocenters. The first kappa shape index (κ1) is 13.1. The van der Waals surface area contributed by atoms with E-state index in [-0.39, 0.29) is 5.56 Å². The first-order valence-corrected chi connectivity index (χ1v) is 7.39. The van der Waals surface area contributed by atoms with Crippen LogP contribution in [0.5, 0.6) is 0 Å². The maximum absolute atomic E-state index is 12.0. The predicted octanol–water partition coefficient (Wildman–Crippen LogP) is 2.74. The lowest BCUT2D eigenvalue weighted by atomic mass is 9.97. The molecule has 1 aliphatic rings. The fourth-order valence-electron chi connectivity index (χ4n) is 2.79. The van der Waals surface area contributed by atoms with Crippen molar-refractivity contribution in [3.8, 4) is 0 Å². The Morgan fingerprint density at radius 3 is 2.65 bits per heavy atom. The van der Waals surface area contributed by atoms with Gasteiger partial charge in [0.1, 0.15) is 5.82 Å². The van der Waals surface area contributed by atoms with E-state index in [1.807, 2.05) is 0 Å². The zero-order valence-electron chi connectivity index (χ0n) is 11.9. The Labute approximate surface area is 119 Å². The van der Waals surface area contributed by atoms with Gasteiger partial charge in [0, 0.05) is 12.0 Å². The summed E-state index contributed by atoms with van der Waals surface area (Å²) < 4.78 is 0. The number of hydrogen-bond donors (Lipinski definition) is 1. The number of fused-ring (bicyclic) bond motifs is 1. The Kier molecular flexibility index (Phi) is 3.68. The quantitative estimate of drug-likeness (QED) is 0.930. The van der Waals surface area contributed by atoms with Crippen molar-refractivity contribution in [3.63, 3.8) is 0 Å². The van der Waals surface area contributed by atoms with Gasteiger partial charge in [-0.05, 0) is 44.6 Å². The maximum Gasteiger partial charge on any atom is 0.254 e. The van der Waals surface area contributed by atoms with Crippen LogP contribution in [0.2, 0.25) is 0 Å². The zero-order chi connectivity index (χ0) is 13.9. The summed E-state index contributed by atoms with van der Waals surface area (Å²) in [6.07, 6.45) is 5.82. The number of aromatic nitrogens is 2. The van der Waals surface area contributed by atoms with Crippen LogP contribution in [0.3, 0.4) is 0 Å². The molecule has 3 heteroatoms. The van der Waals surface area contributed by atoms with Crippen molar-refractivity contribution < 1.29 is 0 Å². The van der Waals surface area contributed by atoms with Crippen molar-refractivity contribution >= 4 is 0 Å². The monoisotopic (exact) mass is 268 g/mol. The van der Waals surface area contributed by atoms with Crippen LogP contribution in [-0.4, -0.2) is 9.97 Å². The summed E-state index contributed by atoms with van der Waals surface area (Å²) in [7, 11) is 0. The number of nitrogens with one attached hydrogen (secondary N) is 1. The Bertz CT molecular complexity index is 656. The minimum Gasteiger partial charge on any atom is -0.310 e. The maximum atomic E-state index is 12.0. The molecule has 1 N–H and O–H groups in total. The van der Waals surface area contributed by atoms with Crippen molar-refractivity contribution in [2.24, 2.45) is 0 Å². The van der Waals surface area contributed by atoms with E-state index in [2.05, 4.69) is 41.2 Å². The Morgan fingerprint density at radius 2 is 1.85 bits per heavy atom. The number of aryl methyl sites for hydroxylation is 4. The molecule has 0 saturated carbocycles. The van der Waals surface area contributed by atoms with Gasteiger partial charge in [0.15, 0.2) is 0 Å². The topological polar surface area (TPSA) is 45.8 Å². The Morgan fingerprint density at radius 1 is 1.10 bits per heavy atom. The molecular weight excluding hydrogens is 248 g/mol. The molecule has 0 saturated heterocycles. The zero-order valence-corrected chi connectivity index (χ0v) is 11.9. The second-order valence-corrected chi connectivity index (χ2v) is 5.63. The average molecular weight is 268 g/mol. The molecule has 2 aromatic rings. The molecule has 0 unspecified atom stereocenters. The van der Waals surface area contributed by atoms with E-state index in [0.29, 0.717) is 0 Å². The van der Waals surface area contributed by atoms with Crippen LogP contribution in [-0.2, 0) is 25.7 Å². The van der Waals surface area contributed by atoms with Crippen molar-refractivity contribution in [1.82, 2.24) is 9.97 Å². The summed E-state index contributed by atoms with van der Waals surface area (Å²) >= 11 is 0. The lowest BCUT2D eigenvalue weighted by molar-refractivity contribution is 0.645. The third-order valence-corrected chi connectivity index (χ3v) is 4.01. The Hall–Kier alpha value is -1.90. The van der Waals surface area contributed by atoms with Crippen molar-refractivity contribution in [1.29, 1.82) is 0 Å². The van der Waals surface area contributed by atoms with Gasteiger partial charge in [-0.3, -0.25) is 4.79 Å². The second-order valence-electron chi connectivity index (χ2n) is 5.63. The van der Waals surface area contributed by atoms with E-state index < -0.39 is 0 Å². The minimum absolute atomic E-state index is 0.0774. The molecule has 104 valence electrons. The lowest BCUT2D eigenvalue weighted by Crippen LogP contribution is -2.23. The van der Waals surface area contributed by atoms with Crippen LogP contribution < -0.4 is 5.56 Å². The molecule has 3 rings (SSSR count). The van der Waals surface area contributed by atoms with Gasteiger partial charge in [-0.1, -0.05) is 29.8 Å². The highest BCUT2D eigenvalue weighted by atomic mass is 16.1. The van der Waals surface area contributed by atoms with Crippen LogP contribution in [0, 0.1) is 6.92 Å². The fourth-order valence-corrected chi connectivity index (χ4v) is 2.79. The first-order chi connectivity index (χ1) is 9.72. The van der Waals surface area contributed by atoms with Gasteiger partial charge in [-0.2, -0.15) is 0 Å². The molecule has 20 heavy (non-hydrogen) atoms. The second kappa shape index (κ2) is 5.61. The molecule has 0 spiro atoms. The number of benzene rings is 1. The van der Waals surface area contributed by atoms with Gasteiger partial charge in [-0.15, -0.1) is 0 Å². The first-order valence-electron chi connectivity index (χ1n) is 7.39. The Balaban J connectivity index is 1.76. The largest absolute Gasteiger partial charge is 0.310 e. The number of H-pyrrole nitrogens is 1. The van der Waals surface area contributed by atoms with Crippen molar-refractivity contribution in [2.45, 2.75) is 45.4 Å². The number of hydrogen-bond acceptors (Lipinski definition) is 2. The average Bonchev–Trinajstić information content (AvgIpc) is 2.47. The molecule has 0 bridgehead atoms. The third kappa shape index (κ3) is 2.82. The molecule has 0 amide bonds. The van der Waals surface area contributed by atoms with Crippen molar-refractivity contribution in [2.75, 3.05) is 0 Å². The van der Waals surface area contributed by atoms with Gasteiger partial charge in [0.2, 0.25) is 0 Å². The molecule has 0 aliphatic heterocycles. The van der Waals surface area contributed by atoms with E-state index in [9.17, 15) is 4.79 Å². The SMILES string of the molecule is Cc1ccc(CCc2nc3c(c(=O)[nH]2)CCCC3)cc1. The lowest BCUT2D eigenvalue weighted by Gasteiger charge is -2.14. The van der Waals surface area contributed by atoms with Crippen LogP contribution >= 0.6 is 0 Å². The van der Waals surface area contributed by atoms with Gasteiger partial charge >= 0.3 is 0 Å². The van der Waals surface area contributed by atoms with Crippen LogP contribution in [0.1, 0.15) is 41.1 Å². The highest BCUT2D eigenvalue weighted by Gasteiger charge is 2.15. The predicted molar refractivity (Wildman–Crippen MR) is 80.1 cm³/mol. The molecule has 1 aliphatic carbocycles. The van der Waals surface area contributed by atoms with E-state index in [1.165, 1.54) is 11.1 Å². The summed E-state index contributed by atoms with van der Waals surface area (Å²) in [4.78, 5) is 19.6. The normalized spacial score (nSPS) is 14.1. The van der Waals surface area contributed by atoms with E-state index in [4.69, 9.17) is 0 Å². The number of nitrogens with zero attached hydrogens (tertiary/aromatic N) is 1. The summed E-state index contributed by atoms with van der Waals surface area (Å²) in [6.45, 7) is 2.09. The molecule has 1 aromatic heterocycles. The fraction of sp³-hybridized carbons (Fsp3) is 0.412. The van der Waals surface area contributed by atoms with E-state index in [0.717, 1.165) is 55.6 Å². The minimum atomic E-state index is 0.0774. The summed E-state index contributed by atoms with van der Waals surface area (Å²) in [5.74, 6) is 0.830. The van der Waals surface area contributed by atoms with Crippen LogP contribution in [0.4, 0.5) is 0 Å². The van der Waals surface area contributed by atoms with Gasteiger partial charge in [0.25, 0.3) is 5.56 Å². The highest BCUT2D eigenvalue weighted by Crippen LogP contribution is 2.16. The van der Waals surface area contributed by atoms with E-state index >= 15 is 0 Å². The number of rotatable bonds is 3. The van der Waals surface area contributed by atoms with E-state index in [1.54, 1.807) is 0 Å². The highest BCUT2D eigenvalue weighted by molar-refractivity contribution is 5.23. The molecule has 1 heterocycles. The van der Waals surface area contributed by atoms with Gasteiger partial charge < -0.3 is 4.98 Å². The third-order valence-electron chi connectivity index (χ3n) is 4.01. The van der Waals surface area contributed by atoms with Crippen molar-refractivity contribution in [3.05, 3.63) is 62.8 Å². The summed E-state index contributed by atoms with van der Waals surface area (Å²) in [6, 6.07) is 8.54.